The highest BCUT2D eigenvalue weighted by Gasteiger charge is 2.37. The van der Waals surface area contributed by atoms with Gasteiger partial charge in [0, 0.05) is 24.5 Å². The number of rotatable bonds is 13. The largest absolute Gasteiger partial charge is 0.417 e. The lowest BCUT2D eigenvalue weighted by Gasteiger charge is -2.34. The summed E-state index contributed by atoms with van der Waals surface area (Å²) in [7, 11) is -4.63. The standard InChI is InChI=1S/C35H34Cl2F3N3O4S/c1-3-19-41-34(45)32(20-25-9-5-4-6-10-25)42(22-26-11-7-8-12-30(26)36)33(44)23-43(48(46,47)28-16-13-24(2)14-17-28)27-15-18-31(37)29(21-27)35(38,39)40/h4-18,21,32H,3,19-20,22-23H2,1-2H3,(H,41,45). The Morgan fingerprint density at radius 1 is 0.875 bits per heavy atom. The molecule has 0 aliphatic heterocycles. The number of nitrogens with zero attached hydrogens (tertiary/aromatic N) is 2. The molecule has 0 saturated carbocycles. The topological polar surface area (TPSA) is 86.8 Å². The molecule has 0 fully saturated rings. The van der Waals surface area contributed by atoms with Crippen LogP contribution in [0.2, 0.25) is 10.0 Å². The van der Waals surface area contributed by atoms with Crippen molar-refractivity contribution in [2.75, 3.05) is 17.4 Å². The van der Waals surface area contributed by atoms with Crippen LogP contribution in [0.5, 0.6) is 0 Å². The molecular formula is C35H34Cl2F3N3O4S. The second-order valence-electron chi connectivity index (χ2n) is 11.1. The Hall–Kier alpha value is -4.06. The zero-order valence-corrected chi connectivity index (χ0v) is 28.5. The van der Waals surface area contributed by atoms with Crippen molar-refractivity contribution in [1.29, 1.82) is 0 Å². The van der Waals surface area contributed by atoms with Crippen molar-refractivity contribution in [2.24, 2.45) is 0 Å². The number of alkyl halides is 3. The van der Waals surface area contributed by atoms with Crippen molar-refractivity contribution in [2.45, 2.75) is 50.3 Å². The van der Waals surface area contributed by atoms with E-state index in [0.717, 1.165) is 23.3 Å². The first kappa shape index (κ1) is 36.8. The number of sulfonamides is 1. The van der Waals surface area contributed by atoms with E-state index in [1.165, 1.54) is 29.2 Å². The van der Waals surface area contributed by atoms with Crippen LogP contribution in [-0.2, 0) is 38.8 Å². The number of hydrogen-bond acceptors (Lipinski definition) is 4. The quantitative estimate of drug-likeness (QED) is 0.154. The molecule has 0 radical (unpaired) electrons. The molecular weight excluding hydrogens is 686 g/mol. The van der Waals surface area contributed by atoms with Crippen molar-refractivity contribution in [3.63, 3.8) is 0 Å². The van der Waals surface area contributed by atoms with Gasteiger partial charge in [-0.2, -0.15) is 13.2 Å². The molecule has 1 N–H and O–H groups in total. The average Bonchev–Trinajstić information content (AvgIpc) is 3.05. The summed E-state index contributed by atoms with van der Waals surface area (Å²) < 4.78 is 70.7. The monoisotopic (exact) mass is 719 g/mol. The first-order chi connectivity index (χ1) is 22.7. The van der Waals surface area contributed by atoms with Gasteiger partial charge >= 0.3 is 6.18 Å². The van der Waals surface area contributed by atoms with Crippen LogP contribution in [0.1, 0.15) is 35.6 Å². The van der Waals surface area contributed by atoms with E-state index in [1.807, 2.05) is 6.92 Å². The summed E-state index contributed by atoms with van der Waals surface area (Å²) in [6, 6.07) is 22.8. The molecule has 0 saturated heterocycles. The fraction of sp³-hybridized carbons (Fsp3) is 0.257. The Bertz CT molecular complexity index is 1840. The smallest absolute Gasteiger partial charge is 0.354 e. The molecule has 0 aliphatic carbocycles. The molecule has 1 unspecified atom stereocenters. The molecule has 7 nitrogen and oxygen atoms in total. The molecule has 0 heterocycles. The number of carbonyl (C=O) groups is 2. The molecule has 13 heteroatoms. The van der Waals surface area contributed by atoms with Crippen molar-refractivity contribution in [1.82, 2.24) is 10.2 Å². The highest BCUT2D eigenvalue weighted by atomic mass is 35.5. The lowest BCUT2D eigenvalue weighted by molar-refractivity contribution is -0.140. The number of anilines is 1. The zero-order chi connectivity index (χ0) is 35.1. The van der Waals surface area contributed by atoms with Gasteiger partial charge in [0.15, 0.2) is 0 Å². The van der Waals surface area contributed by atoms with Gasteiger partial charge in [-0.15, -0.1) is 0 Å². The first-order valence-corrected chi connectivity index (χ1v) is 17.2. The second-order valence-corrected chi connectivity index (χ2v) is 13.8. The van der Waals surface area contributed by atoms with E-state index in [1.54, 1.807) is 61.5 Å². The summed E-state index contributed by atoms with van der Waals surface area (Å²) in [4.78, 5) is 29.2. The van der Waals surface area contributed by atoms with Crippen molar-refractivity contribution < 1.29 is 31.2 Å². The molecule has 0 bridgehead atoms. The number of benzene rings is 4. The molecule has 0 spiro atoms. The fourth-order valence-corrected chi connectivity index (χ4v) is 6.81. The van der Waals surface area contributed by atoms with E-state index < -0.39 is 56.9 Å². The number of carbonyl (C=O) groups excluding carboxylic acids is 2. The lowest BCUT2D eigenvalue weighted by Crippen LogP contribution is -2.53. The highest BCUT2D eigenvalue weighted by Crippen LogP contribution is 2.38. The number of amides is 2. The first-order valence-electron chi connectivity index (χ1n) is 15.0. The molecule has 4 rings (SSSR count). The van der Waals surface area contributed by atoms with Crippen molar-refractivity contribution in [3.05, 3.63) is 129 Å². The van der Waals surface area contributed by atoms with Crippen LogP contribution in [-0.4, -0.2) is 44.3 Å². The van der Waals surface area contributed by atoms with Gasteiger partial charge in [0.1, 0.15) is 12.6 Å². The van der Waals surface area contributed by atoms with Gasteiger partial charge in [0.25, 0.3) is 10.0 Å². The minimum atomic E-state index is -4.91. The number of nitrogens with one attached hydrogen (secondary N) is 1. The van der Waals surface area contributed by atoms with Crippen LogP contribution >= 0.6 is 23.2 Å². The van der Waals surface area contributed by atoms with E-state index in [2.05, 4.69) is 5.32 Å². The van der Waals surface area contributed by atoms with Gasteiger partial charge in [-0.3, -0.25) is 13.9 Å². The van der Waals surface area contributed by atoms with E-state index in [9.17, 15) is 31.2 Å². The number of aryl methyl sites for hydroxylation is 1. The third-order valence-corrected chi connectivity index (χ3v) is 10.0. The Morgan fingerprint density at radius 2 is 1.52 bits per heavy atom. The van der Waals surface area contributed by atoms with Crippen LogP contribution < -0.4 is 9.62 Å². The molecule has 1 atom stereocenters. The van der Waals surface area contributed by atoms with Crippen LogP contribution in [0, 0.1) is 6.92 Å². The fourth-order valence-electron chi connectivity index (χ4n) is 4.98. The van der Waals surface area contributed by atoms with Crippen molar-refractivity contribution in [3.8, 4) is 0 Å². The molecule has 0 aromatic heterocycles. The third kappa shape index (κ3) is 9.09. The maximum Gasteiger partial charge on any atom is 0.417 e. The minimum Gasteiger partial charge on any atom is -0.354 e. The van der Waals surface area contributed by atoms with Crippen LogP contribution in [0.3, 0.4) is 0 Å². The Kier molecular flexibility index (Phi) is 12.2. The van der Waals surface area contributed by atoms with Gasteiger partial charge in [-0.25, -0.2) is 8.42 Å². The van der Waals surface area contributed by atoms with Gasteiger partial charge in [-0.05, 0) is 60.9 Å². The Labute approximate surface area is 288 Å². The average molecular weight is 721 g/mol. The molecule has 2 amide bonds. The summed E-state index contributed by atoms with van der Waals surface area (Å²) in [5.74, 6) is -1.33. The van der Waals surface area contributed by atoms with Crippen LogP contribution in [0.4, 0.5) is 18.9 Å². The summed E-state index contributed by atoms with van der Waals surface area (Å²) >= 11 is 12.3. The van der Waals surface area contributed by atoms with Gasteiger partial charge < -0.3 is 10.2 Å². The summed E-state index contributed by atoms with van der Waals surface area (Å²) in [6.45, 7) is 2.80. The van der Waals surface area contributed by atoms with Crippen molar-refractivity contribution >= 4 is 50.7 Å². The third-order valence-electron chi connectivity index (χ3n) is 7.55. The van der Waals surface area contributed by atoms with Gasteiger partial charge in [-0.1, -0.05) is 96.4 Å². The molecule has 4 aromatic carbocycles. The second kappa shape index (κ2) is 15.9. The van der Waals surface area contributed by atoms with E-state index >= 15 is 0 Å². The number of hydrogen-bond donors (Lipinski definition) is 1. The maximum atomic E-state index is 14.5. The van der Waals surface area contributed by atoms with Gasteiger partial charge in [0.05, 0.1) is 21.2 Å². The van der Waals surface area contributed by atoms with Crippen LogP contribution in [0.15, 0.2) is 102 Å². The predicted octanol–water partition coefficient (Wildman–Crippen LogP) is 7.68. The Balaban J connectivity index is 1.87. The van der Waals surface area contributed by atoms with E-state index in [-0.39, 0.29) is 17.9 Å². The lowest BCUT2D eigenvalue weighted by atomic mass is 10.0. The highest BCUT2D eigenvalue weighted by molar-refractivity contribution is 7.92. The van der Waals surface area contributed by atoms with Crippen LogP contribution in [0.25, 0.3) is 0 Å². The predicted molar refractivity (Wildman–Crippen MR) is 181 cm³/mol. The maximum absolute atomic E-state index is 14.5. The molecule has 0 aliphatic rings. The molecule has 254 valence electrons. The number of halogens is 5. The SMILES string of the molecule is CCCNC(=O)C(Cc1ccccc1)N(Cc1ccccc1Cl)C(=O)CN(c1ccc(Cl)c(C(F)(F)F)c1)S(=O)(=O)c1ccc(C)cc1. The normalized spacial score (nSPS) is 12.3. The van der Waals surface area contributed by atoms with Gasteiger partial charge in [0.2, 0.25) is 11.8 Å². The van der Waals surface area contributed by atoms with E-state index in [0.29, 0.717) is 33.9 Å². The Morgan fingerprint density at radius 3 is 2.15 bits per heavy atom. The molecule has 4 aromatic rings. The minimum absolute atomic E-state index is 0.0659. The summed E-state index contributed by atoms with van der Waals surface area (Å²) in [5, 5.41) is 2.49. The van der Waals surface area contributed by atoms with E-state index in [4.69, 9.17) is 23.2 Å². The summed E-state index contributed by atoms with van der Waals surface area (Å²) in [5.41, 5.74) is 0.242. The molecule has 48 heavy (non-hydrogen) atoms. The summed E-state index contributed by atoms with van der Waals surface area (Å²) in [6.07, 6.45) is -4.23. The zero-order valence-electron chi connectivity index (χ0n) is 26.2.